The highest BCUT2D eigenvalue weighted by atomic mass is 32.2. The lowest BCUT2D eigenvalue weighted by molar-refractivity contribution is 0.409. The molecule has 0 aromatic rings. The van der Waals surface area contributed by atoms with Crippen molar-refractivity contribution in [3.63, 3.8) is 0 Å². The molecule has 1 rings (SSSR count). The molecular formula is C8H18N2O2S. The lowest BCUT2D eigenvalue weighted by atomic mass is 10.2. The van der Waals surface area contributed by atoms with Crippen molar-refractivity contribution < 1.29 is 8.42 Å². The van der Waals surface area contributed by atoms with Gasteiger partial charge in [0.2, 0.25) is 10.0 Å². The van der Waals surface area contributed by atoms with Gasteiger partial charge in [0.1, 0.15) is 0 Å². The summed E-state index contributed by atoms with van der Waals surface area (Å²) in [7, 11) is -2.92. The smallest absolute Gasteiger partial charge is 0.214 e. The molecular weight excluding hydrogens is 188 g/mol. The van der Waals surface area contributed by atoms with Crippen molar-refractivity contribution in [1.82, 2.24) is 9.62 Å². The minimum Gasteiger partial charge on any atom is -0.316 e. The van der Waals surface area contributed by atoms with E-state index in [4.69, 9.17) is 0 Å². The third kappa shape index (κ3) is 2.93. The van der Waals surface area contributed by atoms with Crippen molar-refractivity contribution in [2.75, 3.05) is 31.9 Å². The van der Waals surface area contributed by atoms with Gasteiger partial charge in [-0.2, -0.15) is 0 Å². The fourth-order valence-electron chi connectivity index (χ4n) is 1.59. The van der Waals surface area contributed by atoms with Gasteiger partial charge in [0, 0.05) is 19.6 Å². The molecule has 1 unspecified atom stereocenters. The molecule has 13 heavy (non-hydrogen) atoms. The summed E-state index contributed by atoms with van der Waals surface area (Å²) in [5.74, 6) is 0.602. The second-order valence-corrected chi connectivity index (χ2v) is 5.61. The normalized spacial score (nSPS) is 28.0. The molecule has 1 aliphatic rings. The predicted octanol–water partition coefficient (Wildman–Crippen LogP) is -0.123. The van der Waals surface area contributed by atoms with Gasteiger partial charge in [0.25, 0.3) is 0 Å². The van der Waals surface area contributed by atoms with E-state index in [-0.39, 0.29) is 5.92 Å². The molecule has 1 atom stereocenters. The van der Waals surface area contributed by atoms with E-state index in [1.807, 2.05) is 13.8 Å². The van der Waals surface area contributed by atoms with Crippen LogP contribution in [0.25, 0.3) is 0 Å². The van der Waals surface area contributed by atoms with Gasteiger partial charge in [0.05, 0.1) is 5.75 Å². The van der Waals surface area contributed by atoms with Crippen molar-refractivity contribution in [2.45, 2.75) is 13.8 Å². The van der Waals surface area contributed by atoms with Crippen molar-refractivity contribution in [3.8, 4) is 0 Å². The zero-order valence-electron chi connectivity index (χ0n) is 8.28. The topological polar surface area (TPSA) is 49.4 Å². The minimum absolute atomic E-state index is 0.284. The molecule has 1 aliphatic heterocycles. The van der Waals surface area contributed by atoms with Gasteiger partial charge in [-0.15, -0.1) is 0 Å². The van der Waals surface area contributed by atoms with Crippen LogP contribution in [-0.4, -0.2) is 44.7 Å². The monoisotopic (exact) mass is 206 g/mol. The molecule has 0 aromatic heterocycles. The number of hydrogen-bond donors (Lipinski definition) is 1. The zero-order valence-corrected chi connectivity index (χ0v) is 9.10. The zero-order chi connectivity index (χ0) is 9.90. The first-order valence-electron chi connectivity index (χ1n) is 4.75. The number of rotatable bonds is 4. The van der Waals surface area contributed by atoms with Gasteiger partial charge in [-0.05, 0) is 12.5 Å². The minimum atomic E-state index is -2.92. The fourth-order valence-corrected chi connectivity index (χ4v) is 3.48. The molecule has 0 radical (unpaired) electrons. The first kappa shape index (κ1) is 10.9. The van der Waals surface area contributed by atoms with E-state index in [9.17, 15) is 8.42 Å². The lowest BCUT2D eigenvalue weighted by Gasteiger charge is -2.13. The maximum absolute atomic E-state index is 11.5. The summed E-state index contributed by atoms with van der Waals surface area (Å²) in [5.41, 5.74) is 0. The lowest BCUT2D eigenvalue weighted by Crippen LogP contribution is -2.33. The standard InChI is InChI=1S/C8H18N2O2S/c1-3-9-4-5-10-6-8(2)7-13(10,11)12/h8-9H,3-7H2,1-2H3. The van der Waals surface area contributed by atoms with Crippen LogP contribution in [0.3, 0.4) is 0 Å². The highest BCUT2D eigenvalue weighted by molar-refractivity contribution is 7.89. The summed E-state index contributed by atoms with van der Waals surface area (Å²) in [5, 5.41) is 3.12. The SMILES string of the molecule is CCNCCN1CC(C)CS1(=O)=O. The maximum atomic E-state index is 11.5. The molecule has 1 saturated heterocycles. The molecule has 1 N–H and O–H groups in total. The molecule has 78 valence electrons. The third-order valence-electron chi connectivity index (χ3n) is 2.19. The molecule has 0 amide bonds. The molecule has 0 aliphatic carbocycles. The summed E-state index contributed by atoms with van der Waals surface area (Å²) < 4.78 is 24.5. The van der Waals surface area contributed by atoms with Crippen LogP contribution >= 0.6 is 0 Å². The van der Waals surface area contributed by atoms with E-state index in [2.05, 4.69) is 5.32 Å². The van der Waals surface area contributed by atoms with Crippen LogP contribution in [0.4, 0.5) is 0 Å². The maximum Gasteiger partial charge on any atom is 0.214 e. The number of nitrogens with zero attached hydrogens (tertiary/aromatic N) is 1. The molecule has 1 fully saturated rings. The van der Waals surface area contributed by atoms with Gasteiger partial charge >= 0.3 is 0 Å². The number of nitrogens with one attached hydrogen (secondary N) is 1. The first-order chi connectivity index (χ1) is 6.06. The van der Waals surface area contributed by atoms with Crippen molar-refractivity contribution in [1.29, 1.82) is 0 Å². The van der Waals surface area contributed by atoms with Gasteiger partial charge in [-0.3, -0.25) is 0 Å². The number of likely N-dealkylation sites (N-methyl/N-ethyl adjacent to an activating group) is 1. The number of sulfonamides is 1. The molecule has 1 heterocycles. The highest BCUT2D eigenvalue weighted by Gasteiger charge is 2.32. The Kier molecular flexibility index (Phi) is 3.70. The molecule has 0 aromatic carbocycles. The average molecular weight is 206 g/mol. The Hall–Kier alpha value is -0.130. The quantitative estimate of drug-likeness (QED) is 0.652. The van der Waals surface area contributed by atoms with Crippen LogP contribution in [-0.2, 0) is 10.0 Å². The predicted molar refractivity (Wildman–Crippen MR) is 53.1 cm³/mol. The Morgan fingerprint density at radius 2 is 2.23 bits per heavy atom. The van der Waals surface area contributed by atoms with Crippen LogP contribution in [0.2, 0.25) is 0 Å². The summed E-state index contributed by atoms with van der Waals surface area (Å²) >= 11 is 0. The van der Waals surface area contributed by atoms with E-state index in [1.54, 1.807) is 4.31 Å². The third-order valence-corrected chi connectivity index (χ3v) is 4.30. The van der Waals surface area contributed by atoms with Crippen molar-refractivity contribution in [2.24, 2.45) is 5.92 Å². The summed E-state index contributed by atoms with van der Waals surface area (Å²) in [6.07, 6.45) is 0. The van der Waals surface area contributed by atoms with Gasteiger partial charge in [-0.1, -0.05) is 13.8 Å². The largest absolute Gasteiger partial charge is 0.316 e. The van der Waals surface area contributed by atoms with Crippen LogP contribution in [0.1, 0.15) is 13.8 Å². The molecule has 5 heteroatoms. The number of hydrogen-bond acceptors (Lipinski definition) is 3. The van der Waals surface area contributed by atoms with E-state index >= 15 is 0 Å². The molecule has 0 bridgehead atoms. The Morgan fingerprint density at radius 1 is 1.54 bits per heavy atom. The Labute approximate surface area is 80.4 Å². The van der Waals surface area contributed by atoms with E-state index in [1.165, 1.54) is 0 Å². The van der Waals surface area contributed by atoms with Crippen molar-refractivity contribution >= 4 is 10.0 Å². The van der Waals surface area contributed by atoms with Crippen LogP contribution < -0.4 is 5.32 Å². The second-order valence-electron chi connectivity index (χ2n) is 3.60. The Bertz CT molecular complexity index is 251. The highest BCUT2D eigenvalue weighted by Crippen LogP contribution is 2.17. The summed E-state index contributed by atoms with van der Waals surface area (Å²) in [6.45, 7) is 6.94. The van der Waals surface area contributed by atoms with E-state index < -0.39 is 10.0 Å². The van der Waals surface area contributed by atoms with Crippen molar-refractivity contribution in [3.05, 3.63) is 0 Å². The first-order valence-corrected chi connectivity index (χ1v) is 6.35. The van der Waals surface area contributed by atoms with E-state index in [0.717, 1.165) is 13.1 Å². The molecule has 0 saturated carbocycles. The van der Waals surface area contributed by atoms with Crippen LogP contribution in [0.15, 0.2) is 0 Å². The Morgan fingerprint density at radius 3 is 2.69 bits per heavy atom. The van der Waals surface area contributed by atoms with Gasteiger partial charge in [0.15, 0.2) is 0 Å². The Balaban J connectivity index is 2.42. The second kappa shape index (κ2) is 4.39. The summed E-state index contributed by atoms with van der Waals surface area (Å²) in [4.78, 5) is 0. The van der Waals surface area contributed by atoms with Crippen LogP contribution in [0, 0.1) is 5.92 Å². The average Bonchev–Trinajstić information content (AvgIpc) is 2.25. The molecule has 0 spiro atoms. The molecule has 4 nitrogen and oxygen atoms in total. The van der Waals surface area contributed by atoms with Crippen LogP contribution in [0.5, 0.6) is 0 Å². The van der Waals surface area contributed by atoms with E-state index in [0.29, 0.717) is 18.8 Å². The summed E-state index contributed by atoms with van der Waals surface area (Å²) in [6, 6.07) is 0. The van der Waals surface area contributed by atoms with Gasteiger partial charge in [-0.25, -0.2) is 12.7 Å². The fraction of sp³-hybridized carbons (Fsp3) is 1.00. The van der Waals surface area contributed by atoms with Gasteiger partial charge < -0.3 is 5.32 Å².